The van der Waals surface area contributed by atoms with Crippen molar-refractivity contribution in [2.75, 3.05) is 20.1 Å². The third-order valence-electron chi connectivity index (χ3n) is 5.28. The maximum absolute atomic E-state index is 10.7. The van der Waals surface area contributed by atoms with Crippen LogP contribution < -0.4 is 5.32 Å². The maximum atomic E-state index is 10.7. The second-order valence-electron chi connectivity index (χ2n) is 8.57. The molecule has 0 radical (unpaired) electrons. The van der Waals surface area contributed by atoms with E-state index >= 15 is 0 Å². The Morgan fingerprint density at radius 2 is 1.71 bits per heavy atom. The number of piperazine rings is 1. The molecule has 2 aliphatic heterocycles. The zero-order chi connectivity index (χ0) is 29.3. The van der Waals surface area contributed by atoms with E-state index in [1.165, 1.54) is 6.42 Å². The lowest BCUT2D eigenvalue weighted by atomic mass is 10.0. The number of nitrogens with zero attached hydrogens (tertiary/aromatic N) is 5. The summed E-state index contributed by atoms with van der Waals surface area (Å²) in [5, 5.41) is 22.9. The van der Waals surface area contributed by atoms with Crippen LogP contribution in [0.3, 0.4) is 0 Å². The molecule has 1 aromatic rings. The number of hydrogen-bond donors (Lipinski definition) is 2. The minimum atomic E-state index is 0.0870. The van der Waals surface area contributed by atoms with Crippen LogP contribution in [-0.2, 0) is 0 Å². The summed E-state index contributed by atoms with van der Waals surface area (Å²) in [6.07, 6.45) is 6.37. The van der Waals surface area contributed by atoms with Crippen LogP contribution >= 0.6 is 0 Å². The van der Waals surface area contributed by atoms with Crippen molar-refractivity contribution in [3.63, 3.8) is 0 Å². The SMILES string of the molecule is C=C/C(=N\N=C(/C)N1C[C@@H](C)N[C@@H](C)C1)c1ccc(C2=CC(=NC)C(=C)C=N2)cc1O.CC.CC.CCC. The molecule has 210 valence electrons. The topological polar surface area (TPSA) is 84.9 Å². The highest BCUT2D eigenvalue weighted by molar-refractivity contribution is 6.25. The van der Waals surface area contributed by atoms with Gasteiger partial charge in [0.25, 0.3) is 0 Å². The van der Waals surface area contributed by atoms with E-state index in [0.29, 0.717) is 29.1 Å². The smallest absolute Gasteiger partial charge is 0.125 e. The Bertz CT molecular complexity index is 1040. The minimum Gasteiger partial charge on any atom is -0.507 e. The van der Waals surface area contributed by atoms with Crippen molar-refractivity contribution in [1.82, 2.24) is 10.2 Å². The number of rotatable bonds is 4. The van der Waals surface area contributed by atoms with Crippen LogP contribution in [0, 0.1) is 0 Å². The largest absolute Gasteiger partial charge is 0.507 e. The lowest BCUT2D eigenvalue weighted by Crippen LogP contribution is -2.55. The molecule has 7 nitrogen and oxygen atoms in total. The zero-order valence-electron chi connectivity index (χ0n) is 25.3. The summed E-state index contributed by atoms with van der Waals surface area (Å²) in [6, 6.07) is 6.12. The number of phenolic OH excluding ortho intramolecular Hbond substituents is 1. The number of phenols is 1. The van der Waals surface area contributed by atoms with Gasteiger partial charge in [0.15, 0.2) is 0 Å². The molecule has 38 heavy (non-hydrogen) atoms. The van der Waals surface area contributed by atoms with Crippen molar-refractivity contribution in [2.24, 2.45) is 20.2 Å². The molecule has 0 amide bonds. The lowest BCUT2D eigenvalue weighted by Gasteiger charge is -2.36. The second-order valence-corrected chi connectivity index (χ2v) is 8.57. The van der Waals surface area contributed by atoms with Crippen molar-refractivity contribution in [3.05, 3.63) is 60.2 Å². The van der Waals surface area contributed by atoms with Gasteiger partial charge in [0, 0.05) is 55.1 Å². The quantitative estimate of drug-likeness (QED) is 0.256. The molecule has 0 aliphatic carbocycles. The van der Waals surface area contributed by atoms with Gasteiger partial charge < -0.3 is 15.3 Å². The Labute approximate surface area is 231 Å². The van der Waals surface area contributed by atoms with Gasteiger partial charge in [-0.2, -0.15) is 0 Å². The van der Waals surface area contributed by atoms with Crippen LogP contribution in [0.4, 0.5) is 0 Å². The fraction of sp³-hybridized carbons (Fsp3) is 0.484. The summed E-state index contributed by atoms with van der Waals surface area (Å²) in [7, 11) is 1.71. The van der Waals surface area contributed by atoms with Gasteiger partial charge in [-0.05, 0) is 45.1 Å². The highest BCUT2D eigenvalue weighted by Gasteiger charge is 2.21. The second kappa shape index (κ2) is 18.9. The normalized spacial score (nSPS) is 20.3. The first kappa shape index (κ1) is 34.7. The summed E-state index contributed by atoms with van der Waals surface area (Å²) in [6.45, 7) is 28.0. The van der Waals surface area contributed by atoms with E-state index in [9.17, 15) is 5.11 Å². The number of aliphatic imine (C=N–C) groups is 2. The lowest BCUT2D eigenvalue weighted by molar-refractivity contribution is 0.253. The van der Waals surface area contributed by atoms with E-state index in [-0.39, 0.29) is 5.75 Å². The molecule has 2 N–H and O–H groups in total. The number of hydrogen-bond acceptors (Lipinski definition) is 6. The average molecular weight is 523 g/mol. The molecule has 0 aromatic heterocycles. The van der Waals surface area contributed by atoms with Gasteiger partial charge in [-0.1, -0.05) is 67.2 Å². The third kappa shape index (κ3) is 10.6. The van der Waals surface area contributed by atoms with Crippen molar-refractivity contribution in [1.29, 1.82) is 0 Å². The van der Waals surface area contributed by atoms with Gasteiger partial charge in [-0.3, -0.25) is 9.98 Å². The molecule has 2 heterocycles. The monoisotopic (exact) mass is 522 g/mol. The first-order valence-electron chi connectivity index (χ1n) is 13.7. The number of allylic oxidation sites excluding steroid dienone is 3. The number of benzene rings is 1. The van der Waals surface area contributed by atoms with Crippen molar-refractivity contribution < 1.29 is 5.11 Å². The Kier molecular flexibility index (Phi) is 17.2. The molecule has 1 fully saturated rings. The third-order valence-corrected chi connectivity index (χ3v) is 5.28. The molecule has 7 heteroatoms. The highest BCUT2D eigenvalue weighted by Crippen LogP contribution is 2.27. The Morgan fingerprint density at radius 1 is 1.13 bits per heavy atom. The van der Waals surface area contributed by atoms with Crippen LogP contribution in [0.25, 0.3) is 5.70 Å². The van der Waals surface area contributed by atoms with Crippen LogP contribution in [0.15, 0.2) is 69.3 Å². The van der Waals surface area contributed by atoms with E-state index in [0.717, 1.165) is 35.8 Å². The average Bonchev–Trinajstić information content (AvgIpc) is 2.92. The minimum absolute atomic E-state index is 0.0870. The molecule has 0 spiro atoms. The Hall–Kier alpha value is -3.32. The van der Waals surface area contributed by atoms with Gasteiger partial charge in [0.1, 0.15) is 11.6 Å². The molecule has 2 atom stereocenters. The number of amidine groups is 1. The highest BCUT2D eigenvalue weighted by atomic mass is 16.3. The summed E-state index contributed by atoms with van der Waals surface area (Å²) in [5.74, 6) is 0.924. The molecule has 0 unspecified atom stereocenters. The summed E-state index contributed by atoms with van der Waals surface area (Å²) in [5.41, 5.74) is 4.08. The Morgan fingerprint density at radius 3 is 2.21 bits per heavy atom. The van der Waals surface area contributed by atoms with Crippen LogP contribution in [0.2, 0.25) is 0 Å². The van der Waals surface area contributed by atoms with E-state index in [4.69, 9.17) is 0 Å². The summed E-state index contributed by atoms with van der Waals surface area (Å²) >= 11 is 0. The van der Waals surface area contributed by atoms with Crippen LogP contribution in [0.1, 0.15) is 79.9 Å². The van der Waals surface area contributed by atoms with Gasteiger partial charge >= 0.3 is 0 Å². The Balaban J connectivity index is 0.00000179. The standard InChI is InChI=1S/C24H30N6O.C3H8.2C2H6/c1-7-21(29-28-18(5)30-13-16(3)27-17(4)14-30)20-9-8-19(10-24(20)31)23-11-22(25-6)15(2)12-26-23;1-3-2;2*1-2/h7-12,16-17,27,31H,1-2,13-14H2,3-6H3;3H2,1-2H3;2*1-2H3/b25-22?,28-18+,29-21+;;;/t16-,17+;;;. The molecule has 3 rings (SSSR count). The van der Waals surface area contributed by atoms with Gasteiger partial charge in [-0.25, -0.2) is 0 Å². The van der Waals surface area contributed by atoms with Crippen molar-refractivity contribution >= 4 is 29.2 Å². The van der Waals surface area contributed by atoms with E-state index in [1.54, 1.807) is 31.5 Å². The van der Waals surface area contributed by atoms with Gasteiger partial charge in [0.05, 0.1) is 17.1 Å². The predicted octanol–water partition coefficient (Wildman–Crippen LogP) is 6.90. The maximum Gasteiger partial charge on any atom is 0.125 e. The zero-order valence-corrected chi connectivity index (χ0v) is 25.3. The van der Waals surface area contributed by atoms with Crippen LogP contribution in [-0.4, -0.2) is 65.7 Å². The first-order valence-corrected chi connectivity index (χ1v) is 13.7. The van der Waals surface area contributed by atoms with Crippen LogP contribution in [0.5, 0.6) is 5.75 Å². The summed E-state index contributed by atoms with van der Waals surface area (Å²) in [4.78, 5) is 10.8. The number of nitrogens with one attached hydrogen (secondary N) is 1. The molecular weight excluding hydrogens is 472 g/mol. The van der Waals surface area contributed by atoms with Crippen molar-refractivity contribution in [3.8, 4) is 5.75 Å². The number of aromatic hydroxyl groups is 1. The fourth-order valence-corrected chi connectivity index (χ4v) is 3.73. The predicted molar refractivity (Wildman–Crippen MR) is 169 cm³/mol. The molecule has 0 saturated carbocycles. The molecule has 1 saturated heterocycles. The molecule has 2 aliphatic rings. The first-order chi connectivity index (χ1) is 18.2. The van der Waals surface area contributed by atoms with Gasteiger partial charge in [-0.15, -0.1) is 10.2 Å². The van der Waals surface area contributed by atoms with E-state index in [2.05, 4.69) is 71.3 Å². The van der Waals surface area contributed by atoms with Crippen molar-refractivity contribution in [2.45, 2.75) is 80.8 Å². The van der Waals surface area contributed by atoms with E-state index in [1.807, 2.05) is 46.8 Å². The summed E-state index contributed by atoms with van der Waals surface area (Å²) < 4.78 is 0. The van der Waals surface area contributed by atoms with E-state index < -0.39 is 0 Å². The van der Waals surface area contributed by atoms with Gasteiger partial charge in [0.2, 0.25) is 0 Å². The molecule has 1 aromatic carbocycles. The molecule has 0 bridgehead atoms. The molecular formula is C31H50N6O. The fourth-order valence-electron chi connectivity index (χ4n) is 3.73.